The Morgan fingerprint density at radius 3 is 2.66 bits per heavy atom. The number of piperidine rings is 1. The predicted octanol–water partition coefficient (Wildman–Crippen LogP) is 3.05. The highest BCUT2D eigenvalue weighted by Crippen LogP contribution is 2.23. The van der Waals surface area contributed by atoms with Gasteiger partial charge in [-0.2, -0.15) is 0 Å². The lowest BCUT2D eigenvalue weighted by Gasteiger charge is -2.30. The van der Waals surface area contributed by atoms with Gasteiger partial charge in [-0.1, -0.05) is 44.7 Å². The van der Waals surface area contributed by atoms with Crippen molar-refractivity contribution < 1.29 is 4.79 Å². The number of nitrogens with zero attached hydrogens (tertiary/aromatic N) is 5. The Morgan fingerprint density at radius 1 is 1.21 bits per heavy atom. The molecule has 0 aliphatic carbocycles. The Balaban J connectivity index is 1.68. The second-order valence-electron chi connectivity index (χ2n) is 8.30. The molecule has 1 aliphatic rings. The summed E-state index contributed by atoms with van der Waals surface area (Å²) in [4.78, 5) is 27.6. The van der Waals surface area contributed by atoms with Crippen molar-refractivity contribution in [1.82, 2.24) is 24.1 Å². The molecule has 0 bridgehead atoms. The maximum Gasteiger partial charge on any atom is 0.262 e. The molecule has 29 heavy (non-hydrogen) atoms. The number of likely N-dealkylation sites (tertiary alicyclic amines) is 1. The van der Waals surface area contributed by atoms with Crippen LogP contribution in [0.2, 0.25) is 0 Å². The summed E-state index contributed by atoms with van der Waals surface area (Å²) in [6.45, 7) is 8.61. The van der Waals surface area contributed by atoms with Crippen molar-refractivity contribution >= 4 is 34.3 Å². The quantitative estimate of drug-likeness (QED) is 0.601. The summed E-state index contributed by atoms with van der Waals surface area (Å²) in [5.41, 5.74) is 0.725. The van der Waals surface area contributed by atoms with Gasteiger partial charge in [-0.05, 0) is 36.8 Å². The van der Waals surface area contributed by atoms with E-state index < -0.39 is 0 Å². The van der Waals surface area contributed by atoms with Gasteiger partial charge in [0.2, 0.25) is 11.7 Å². The van der Waals surface area contributed by atoms with Gasteiger partial charge < -0.3 is 4.90 Å². The monoisotopic (exact) mass is 413 g/mol. The first-order valence-corrected chi connectivity index (χ1v) is 11.2. The number of hydrogen-bond donors (Lipinski definition) is 0. The molecule has 154 valence electrons. The fourth-order valence-corrected chi connectivity index (χ4v) is 4.68. The largest absolute Gasteiger partial charge is 0.342 e. The molecule has 2 aromatic heterocycles. The summed E-state index contributed by atoms with van der Waals surface area (Å²) in [6.07, 6.45) is 2.13. The van der Waals surface area contributed by atoms with Crippen molar-refractivity contribution in [1.29, 1.82) is 0 Å². The summed E-state index contributed by atoms with van der Waals surface area (Å²) >= 11 is 1.39. The van der Waals surface area contributed by atoms with Crippen LogP contribution in [-0.4, -0.2) is 48.8 Å². The minimum absolute atomic E-state index is 0.0516. The molecule has 1 aromatic carbocycles. The highest BCUT2D eigenvalue weighted by molar-refractivity contribution is 7.99. The van der Waals surface area contributed by atoms with Gasteiger partial charge in [0.25, 0.3) is 5.56 Å². The second-order valence-corrected chi connectivity index (χ2v) is 9.24. The Labute approximate surface area is 174 Å². The number of aromatic nitrogens is 4. The smallest absolute Gasteiger partial charge is 0.262 e. The average Bonchev–Trinajstić information content (AvgIpc) is 3.13. The summed E-state index contributed by atoms with van der Waals surface area (Å²) in [5.74, 6) is 1.99. The van der Waals surface area contributed by atoms with Crippen LogP contribution in [0.4, 0.5) is 0 Å². The molecule has 0 radical (unpaired) electrons. The molecule has 0 spiro atoms. The molecule has 1 amide bonds. The van der Waals surface area contributed by atoms with E-state index in [-0.39, 0.29) is 11.5 Å². The molecule has 0 N–H and O–H groups in total. The number of thioether (sulfide) groups is 1. The van der Waals surface area contributed by atoms with E-state index in [1.807, 2.05) is 33.6 Å². The van der Waals surface area contributed by atoms with E-state index in [1.54, 1.807) is 4.57 Å². The fourth-order valence-electron chi connectivity index (χ4n) is 3.83. The van der Waals surface area contributed by atoms with Gasteiger partial charge in [0.1, 0.15) is 0 Å². The minimum Gasteiger partial charge on any atom is -0.342 e. The zero-order valence-electron chi connectivity index (χ0n) is 17.2. The van der Waals surface area contributed by atoms with Crippen LogP contribution < -0.4 is 5.56 Å². The summed E-state index contributed by atoms with van der Waals surface area (Å²) in [7, 11) is 0. The zero-order chi connectivity index (χ0) is 20.5. The molecule has 1 fully saturated rings. The topological polar surface area (TPSA) is 72.5 Å². The van der Waals surface area contributed by atoms with Crippen LogP contribution in [0.5, 0.6) is 0 Å². The highest BCUT2D eigenvalue weighted by atomic mass is 32.2. The number of rotatable bonds is 5. The fraction of sp³-hybridized carbons (Fsp3) is 0.524. The standard InChI is InChI=1S/C21H27N5O2S/c1-14(2)12-25-19(28)16-6-4-5-7-17(16)26-20(25)22-23-21(26)29-13-18(27)24-10-8-15(3)9-11-24/h4-7,14-15H,8-13H2,1-3H3. The van der Waals surface area contributed by atoms with Crippen molar-refractivity contribution in [3.05, 3.63) is 34.6 Å². The maximum atomic E-state index is 13.0. The zero-order valence-corrected chi connectivity index (χ0v) is 18.0. The molecular formula is C21H27N5O2S. The van der Waals surface area contributed by atoms with Crippen LogP contribution in [0.15, 0.2) is 34.2 Å². The van der Waals surface area contributed by atoms with Crippen molar-refractivity contribution in [3.8, 4) is 0 Å². The van der Waals surface area contributed by atoms with E-state index >= 15 is 0 Å². The number of hydrogen-bond acceptors (Lipinski definition) is 5. The van der Waals surface area contributed by atoms with E-state index in [2.05, 4.69) is 31.0 Å². The van der Waals surface area contributed by atoms with Gasteiger partial charge in [-0.25, -0.2) is 0 Å². The molecule has 8 heteroatoms. The SMILES string of the molecule is CC(C)Cn1c(=O)c2ccccc2n2c(SCC(=O)N3CCC(C)CC3)nnc12. The predicted molar refractivity (Wildman–Crippen MR) is 115 cm³/mol. The third-order valence-electron chi connectivity index (χ3n) is 5.49. The summed E-state index contributed by atoms with van der Waals surface area (Å²) in [6, 6.07) is 7.52. The van der Waals surface area contributed by atoms with E-state index in [9.17, 15) is 9.59 Å². The first-order valence-electron chi connectivity index (χ1n) is 10.2. The van der Waals surface area contributed by atoms with Gasteiger partial charge in [0.05, 0.1) is 16.7 Å². The normalized spacial score (nSPS) is 15.7. The van der Waals surface area contributed by atoms with Gasteiger partial charge in [0, 0.05) is 19.6 Å². The van der Waals surface area contributed by atoms with Gasteiger partial charge in [0.15, 0.2) is 5.16 Å². The van der Waals surface area contributed by atoms with Crippen LogP contribution in [0.1, 0.15) is 33.6 Å². The number of para-hydroxylation sites is 1. The highest BCUT2D eigenvalue weighted by Gasteiger charge is 2.22. The Bertz CT molecular complexity index is 1100. The molecule has 1 saturated heterocycles. The maximum absolute atomic E-state index is 13.0. The Morgan fingerprint density at radius 2 is 1.93 bits per heavy atom. The summed E-state index contributed by atoms with van der Waals surface area (Å²) < 4.78 is 3.60. The Kier molecular flexibility index (Phi) is 5.63. The molecule has 0 atom stereocenters. The lowest BCUT2D eigenvalue weighted by atomic mass is 9.99. The van der Waals surface area contributed by atoms with E-state index in [4.69, 9.17) is 0 Å². The molecular weight excluding hydrogens is 386 g/mol. The number of amides is 1. The van der Waals surface area contributed by atoms with Crippen molar-refractivity contribution in [2.45, 2.75) is 45.3 Å². The van der Waals surface area contributed by atoms with Crippen LogP contribution in [0.3, 0.4) is 0 Å². The van der Waals surface area contributed by atoms with Crippen molar-refractivity contribution in [2.24, 2.45) is 11.8 Å². The van der Waals surface area contributed by atoms with E-state index in [0.29, 0.717) is 40.5 Å². The van der Waals surface area contributed by atoms with Gasteiger partial charge >= 0.3 is 0 Å². The van der Waals surface area contributed by atoms with Crippen LogP contribution in [0, 0.1) is 11.8 Å². The first kappa shape index (κ1) is 19.9. The summed E-state index contributed by atoms with van der Waals surface area (Å²) in [5, 5.41) is 9.93. The van der Waals surface area contributed by atoms with Crippen molar-refractivity contribution in [3.63, 3.8) is 0 Å². The van der Waals surface area contributed by atoms with Gasteiger partial charge in [-0.15, -0.1) is 10.2 Å². The number of carbonyl (C=O) groups excluding carboxylic acids is 1. The van der Waals surface area contributed by atoms with E-state index in [1.165, 1.54) is 11.8 Å². The third-order valence-corrected chi connectivity index (χ3v) is 6.40. The molecule has 7 nitrogen and oxygen atoms in total. The third kappa shape index (κ3) is 3.90. The Hall–Kier alpha value is -2.35. The molecule has 0 unspecified atom stereocenters. The molecule has 1 aliphatic heterocycles. The first-order chi connectivity index (χ1) is 14.0. The average molecular weight is 414 g/mol. The second kappa shape index (κ2) is 8.18. The number of fused-ring (bicyclic) bond motifs is 3. The minimum atomic E-state index is -0.0516. The van der Waals surface area contributed by atoms with Crippen LogP contribution in [0.25, 0.3) is 16.7 Å². The molecule has 3 aromatic rings. The van der Waals surface area contributed by atoms with Crippen LogP contribution in [-0.2, 0) is 11.3 Å². The lowest BCUT2D eigenvalue weighted by Crippen LogP contribution is -2.38. The molecule has 0 saturated carbocycles. The number of carbonyl (C=O) groups is 1. The molecule has 3 heterocycles. The van der Waals surface area contributed by atoms with Crippen molar-refractivity contribution in [2.75, 3.05) is 18.8 Å². The van der Waals surface area contributed by atoms with E-state index in [0.717, 1.165) is 31.4 Å². The van der Waals surface area contributed by atoms with Crippen LogP contribution >= 0.6 is 11.8 Å². The number of benzene rings is 1. The molecule has 4 rings (SSSR count). The lowest BCUT2D eigenvalue weighted by molar-refractivity contribution is -0.129. The van der Waals surface area contributed by atoms with Gasteiger partial charge in [-0.3, -0.25) is 18.6 Å².